The molecule has 0 aliphatic rings. The number of hydrogen-bond donors (Lipinski definition) is 1. The third kappa shape index (κ3) is 6.08. The van der Waals surface area contributed by atoms with Crippen molar-refractivity contribution in [1.82, 2.24) is 0 Å². The summed E-state index contributed by atoms with van der Waals surface area (Å²) in [5.74, 6) is 0. The average molecular weight is 378 g/mol. The lowest BCUT2D eigenvalue weighted by molar-refractivity contribution is -0.0429. The van der Waals surface area contributed by atoms with Crippen LogP contribution in [0.1, 0.15) is 38.3 Å². The first-order valence-electron chi connectivity index (χ1n) is 7.50. The van der Waals surface area contributed by atoms with Gasteiger partial charge in [-0.3, -0.25) is 4.72 Å². The molecule has 0 radical (unpaired) electrons. The summed E-state index contributed by atoms with van der Waals surface area (Å²) in [7, 11) is -5.52. The number of aryl methyl sites for hydroxylation is 1. The molecule has 140 valence electrons. The second kappa shape index (κ2) is 8.37. The fourth-order valence-electron chi connectivity index (χ4n) is 1.81. The number of nitrogens with one attached hydrogen (secondary N) is 1. The van der Waals surface area contributed by atoms with Gasteiger partial charge < -0.3 is 4.84 Å². The van der Waals surface area contributed by atoms with Crippen molar-refractivity contribution in [2.45, 2.75) is 39.6 Å². The number of benzene rings is 1. The number of halogens is 3. The minimum absolute atomic E-state index is 0.200. The first-order valence-corrected chi connectivity index (χ1v) is 8.98. The third-order valence-corrected chi connectivity index (χ3v) is 4.21. The van der Waals surface area contributed by atoms with Gasteiger partial charge in [-0.15, -0.1) is 0 Å². The first kappa shape index (κ1) is 21.0. The highest BCUT2D eigenvalue weighted by molar-refractivity contribution is 7.93. The van der Waals surface area contributed by atoms with E-state index in [-0.39, 0.29) is 17.9 Å². The lowest BCUT2D eigenvalue weighted by atomic mass is 10.0. The summed E-state index contributed by atoms with van der Waals surface area (Å²) in [4.78, 5) is 5.16. The quantitative estimate of drug-likeness (QED) is 0.332. The van der Waals surface area contributed by atoms with Crippen LogP contribution in [0, 0.1) is 6.92 Å². The monoisotopic (exact) mass is 378 g/mol. The molecular weight excluding hydrogens is 357 g/mol. The Morgan fingerprint density at radius 3 is 2.48 bits per heavy atom. The van der Waals surface area contributed by atoms with E-state index in [1.54, 1.807) is 30.7 Å². The number of oxime groups is 1. The Bertz CT molecular complexity index is 765. The molecule has 0 atom stereocenters. The van der Waals surface area contributed by atoms with Crippen LogP contribution in [0.5, 0.6) is 0 Å². The minimum atomic E-state index is -5.52. The van der Waals surface area contributed by atoms with Crippen molar-refractivity contribution in [3.63, 3.8) is 0 Å². The summed E-state index contributed by atoms with van der Waals surface area (Å²) in [6.07, 6.45) is 2.14. The van der Waals surface area contributed by atoms with Gasteiger partial charge in [-0.1, -0.05) is 29.3 Å². The molecule has 0 saturated heterocycles. The Hall–Kier alpha value is -2.03. The van der Waals surface area contributed by atoms with Crippen LogP contribution in [0.25, 0.3) is 0 Å². The van der Waals surface area contributed by atoms with Gasteiger partial charge in [0.05, 0.1) is 11.4 Å². The van der Waals surface area contributed by atoms with Crippen LogP contribution in [0.2, 0.25) is 0 Å². The van der Waals surface area contributed by atoms with E-state index in [1.165, 1.54) is 12.1 Å². The summed E-state index contributed by atoms with van der Waals surface area (Å²) in [6, 6.07) is 4.34. The fraction of sp³-hybridized carbons (Fsp3) is 0.438. The standard InChI is InChI=1S/C16H21F3N2O3S/c1-5-14(20-24-9-8-11(2)3)13-10-12(4)6-7-15(13)21-25(22,23)16(17,18)19/h6-8,10,21H,5,9H2,1-4H3/b20-14+. The highest BCUT2D eigenvalue weighted by atomic mass is 32.2. The smallest absolute Gasteiger partial charge is 0.391 e. The highest BCUT2D eigenvalue weighted by Gasteiger charge is 2.46. The van der Waals surface area contributed by atoms with Crippen LogP contribution in [0.4, 0.5) is 18.9 Å². The topological polar surface area (TPSA) is 67.8 Å². The van der Waals surface area contributed by atoms with Crippen LogP contribution < -0.4 is 4.72 Å². The van der Waals surface area contributed by atoms with E-state index in [9.17, 15) is 21.6 Å². The molecule has 1 N–H and O–H groups in total. The SMILES string of the molecule is CC/C(=N\OCC=C(C)C)c1cc(C)ccc1NS(=O)(=O)C(F)(F)F. The third-order valence-electron chi connectivity index (χ3n) is 3.11. The van der Waals surface area contributed by atoms with Crippen molar-refractivity contribution in [3.05, 3.63) is 41.0 Å². The van der Waals surface area contributed by atoms with Gasteiger partial charge in [0.2, 0.25) is 0 Å². The number of hydrogen-bond acceptors (Lipinski definition) is 4. The Balaban J connectivity index is 3.23. The molecule has 1 rings (SSSR count). The summed E-state index contributed by atoms with van der Waals surface area (Å²) >= 11 is 0. The largest absolute Gasteiger partial charge is 0.516 e. The zero-order chi connectivity index (χ0) is 19.3. The van der Waals surface area contributed by atoms with E-state index in [1.807, 2.05) is 13.8 Å². The van der Waals surface area contributed by atoms with Gasteiger partial charge in [-0.2, -0.15) is 21.6 Å². The van der Waals surface area contributed by atoms with Crippen molar-refractivity contribution >= 4 is 21.4 Å². The molecule has 0 aliphatic carbocycles. The number of sulfonamides is 1. The molecule has 0 aromatic heterocycles. The van der Waals surface area contributed by atoms with Crippen LogP contribution in [-0.4, -0.2) is 26.2 Å². The molecule has 25 heavy (non-hydrogen) atoms. The maximum atomic E-state index is 12.6. The number of anilines is 1. The van der Waals surface area contributed by atoms with Gasteiger partial charge in [0.25, 0.3) is 0 Å². The van der Waals surface area contributed by atoms with Gasteiger partial charge in [-0.05, 0) is 45.4 Å². The Labute approximate surface area is 145 Å². The van der Waals surface area contributed by atoms with Crippen LogP contribution >= 0.6 is 0 Å². The van der Waals surface area contributed by atoms with Crippen molar-refractivity contribution in [1.29, 1.82) is 0 Å². The van der Waals surface area contributed by atoms with E-state index in [0.29, 0.717) is 12.1 Å². The van der Waals surface area contributed by atoms with Crippen molar-refractivity contribution in [3.8, 4) is 0 Å². The fourth-order valence-corrected chi connectivity index (χ4v) is 2.40. The van der Waals surface area contributed by atoms with Crippen LogP contribution in [0.3, 0.4) is 0 Å². The molecule has 0 aliphatic heterocycles. The molecule has 0 heterocycles. The molecule has 0 unspecified atom stereocenters. The average Bonchev–Trinajstić information content (AvgIpc) is 2.48. The second-order valence-electron chi connectivity index (χ2n) is 5.57. The number of nitrogens with zero attached hydrogens (tertiary/aromatic N) is 1. The van der Waals surface area contributed by atoms with Crippen molar-refractivity contribution < 1.29 is 26.4 Å². The summed E-state index contributed by atoms with van der Waals surface area (Å²) in [5.41, 5.74) is -3.25. The molecule has 5 nitrogen and oxygen atoms in total. The lowest BCUT2D eigenvalue weighted by Crippen LogP contribution is -2.30. The predicted molar refractivity (Wildman–Crippen MR) is 92.0 cm³/mol. The first-order chi connectivity index (χ1) is 11.5. The maximum Gasteiger partial charge on any atom is 0.516 e. The van der Waals surface area contributed by atoms with Crippen molar-refractivity contribution in [2.24, 2.45) is 5.16 Å². The summed E-state index contributed by atoms with van der Waals surface area (Å²) in [5, 5.41) is 3.93. The molecule has 0 fully saturated rings. The zero-order valence-electron chi connectivity index (χ0n) is 14.4. The lowest BCUT2D eigenvalue weighted by Gasteiger charge is -2.15. The zero-order valence-corrected chi connectivity index (χ0v) is 15.3. The summed E-state index contributed by atoms with van der Waals surface area (Å²) < 4.78 is 62.2. The second-order valence-corrected chi connectivity index (χ2v) is 7.24. The summed E-state index contributed by atoms with van der Waals surface area (Å²) in [6.45, 7) is 7.47. The maximum absolute atomic E-state index is 12.6. The predicted octanol–water partition coefficient (Wildman–Crippen LogP) is 4.35. The van der Waals surface area contributed by atoms with Gasteiger partial charge in [0.1, 0.15) is 6.61 Å². The number of rotatable bonds is 7. The van der Waals surface area contributed by atoms with Gasteiger partial charge in [0, 0.05) is 5.56 Å². The van der Waals surface area contributed by atoms with Gasteiger partial charge in [0.15, 0.2) is 0 Å². The van der Waals surface area contributed by atoms with Crippen LogP contribution in [0.15, 0.2) is 35.0 Å². The molecule has 0 saturated carbocycles. The van der Waals surface area contributed by atoms with E-state index < -0.39 is 15.5 Å². The molecule has 1 aromatic rings. The van der Waals surface area contributed by atoms with E-state index in [0.717, 1.165) is 11.1 Å². The van der Waals surface area contributed by atoms with Gasteiger partial charge >= 0.3 is 15.5 Å². The molecular formula is C16H21F3N2O3S. The molecule has 0 spiro atoms. The normalized spacial score (nSPS) is 12.7. The Morgan fingerprint density at radius 2 is 1.96 bits per heavy atom. The highest BCUT2D eigenvalue weighted by Crippen LogP contribution is 2.28. The Morgan fingerprint density at radius 1 is 1.32 bits per heavy atom. The molecule has 0 bridgehead atoms. The molecule has 0 amide bonds. The van der Waals surface area contributed by atoms with E-state index in [2.05, 4.69) is 5.16 Å². The minimum Gasteiger partial charge on any atom is -0.391 e. The Kier molecular flexibility index (Phi) is 7.04. The number of allylic oxidation sites excluding steroid dienone is 1. The van der Waals surface area contributed by atoms with Gasteiger partial charge in [-0.25, -0.2) is 0 Å². The van der Waals surface area contributed by atoms with Crippen LogP contribution in [-0.2, 0) is 14.9 Å². The number of alkyl halides is 3. The van der Waals surface area contributed by atoms with E-state index >= 15 is 0 Å². The molecule has 9 heteroatoms. The molecule has 1 aromatic carbocycles. The van der Waals surface area contributed by atoms with Crippen molar-refractivity contribution in [2.75, 3.05) is 11.3 Å². The van der Waals surface area contributed by atoms with E-state index in [4.69, 9.17) is 4.84 Å².